The molecule has 148 valence electrons. The molecule has 5 rings (SSSR count). The van der Waals surface area contributed by atoms with E-state index in [9.17, 15) is 5.11 Å². The van der Waals surface area contributed by atoms with Gasteiger partial charge < -0.3 is 19.5 Å². The molecule has 0 saturated carbocycles. The number of quaternary nitrogens is 1. The fourth-order valence-corrected chi connectivity index (χ4v) is 5.53. The minimum Gasteiger partial charge on any atom is -0.492 e. The van der Waals surface area contributed by atoms with Gasteiger partial charge in [-0.3, -0.25) is 0 Å². The van der Waals surface area contributed by atoms with E-state index in [0.717, 1.165) is 48.0 Å². The van der Waals surface area contributed by atoms with Crippen molar-refractivity contribution in [2.75, 3.05) is 26.3 Å². The molecule has 7 nitrogen and oxygen atoms in total. The van der Waals surface area contributed by atoms with E-state index in [-0.39, 0.29) is 11.9 Å². The third-order valence-corrected chi connectivity index (χ3v) is 6.92. The fraction of sp³-hybridized carbons (Fsp3) is 0.500. The highest BCUT2D eigenvalue weighted by Gasteiger charge is 2.44. The Labute approximate surface area is 167 Å². The number of thiazole rings is 1. The number of fused-ring (bicyclic) bond motifs is 1. The normalized spacial score (nSPS) is 20.9. The van der Waals surface area contributed by atoms with Crippen LogP contribution in [-0.4, -0.2) is 51.8 Å². The number of piperidine rings is 1. The van der Waals surface area contributed by atoms with Gasteiger partial charge in [0.25, 0.3) is 0 Å². The van der Waals surface area contributed by atoms with Crippen molar-refractivity contribution >= 4 is 16.3 Å². The van der Waals surface area contributed by atoms with Crippen molar-refractivity contribution < 1.29 is 19.5 Å². The fourth-order valence-electron chi connectivity index (χ4n) is 4.37. The van der Waals surface area contributed by atoms with Crippen LogP contribution >= 0.6 is 11.3 Å². The molecule has 2 aliphatic rings. The molecule has 0 unspecified atom stereocenters. The number of aryl methyl sites for hydroxylation is 1. The Morgan fingerprint density at radius 3 is 2.57 bits per heavy atom. The van der Waals surface area contributed by atoms with Crippen molar-refractivity contribution in [1.82, 2.24) is 14.6 Å². The molecule has 0 aliphatic carbocycles. The van der Waals surface area contributed by atoms with Gasteiger partial charge in [0.1, 0.15) is 4.88 Å². The summed E-state index contributed by atoms with van der Waals surface area (Å²) in [7, 11) is 0. The Hall–Kier alpha value is -2.00. The van der Waals surface area contributed by atoms with Crippen LogP contribution in [0.4, 0.5) is 0 Å². The van der Waals surface area contributed by atoms with Crippen LogP contribution in [0.3, 0.4) is 0 Å². The van der Waals surface area contributed by atoms with Crippen molar-refractivity contribution in [2.24, 2.45) is 0 Å². The summed E-state index contributed by atoms with van der Waals surface area (Å²) in [6.45, 7) is 5.24. The third-order valence-electron chi connectivity index (χ3n) is 5.83. The van der Waals surface area contributed by atoms with Gasteiger partial charge in [-0.1, -0.05) is 48.6 Å². The topological polar surface area (TPSA) is 73.3 Å². The summed E-state index contributed by atoms with van der Waals surface area (Å²) in [5, 5.41) is 15.4. The first kappa shape index (κ1) is 18.1. The molecule has 2 saturated heterocycles. The number of nitrogens with zero attached hydrogens (tertiary/aromatic N) is 3. The van der Waals surface area contributed by atoms with E-state index in [0.29, 0.717) is 13.2 Å². The first-order chi connectivity index (χ1) is 13.7. The first-order valence-corrected chi connectivity index (χ1v) is 10.8. The van der Waals surface area contributed by atoms with E-state index >= 15 is 0 Å². The number of aromatic hydroxyl groups is 1. The number of aromatic nitrogens is 3. The lowest BCUT2D eigenvalue weighted by Gasteiger charge is -2.38. The van der Waals surface area contributed by atoms with Crippen LogP contribution in [-0.2, 0) is 15.9 Å². The second kappa shape index (κ2) is 7.11. The summed E-state index contributed by atoms with van der Waals surface area (Å²) in [6, 6.07) is 10.4. The lowest BCUT2D eigenvalue weighted by atomic mass is 9.97. The lowest BCUT2D eigenvalue weighted by molar-refractivity contribution is -0.933. The second-order valence-corrected chi connectivity index (χ2v) is 8.48. The van der Waals surface area contributed by atoms with E-state index in [1.54, 1.807) is 4.52 Å². The smallest absolute Gasteiger partial charge is 0.235 e. The number of benzene rings is 1. The highest BCUT2D eigenvalue weighted by Crippen LogP contribution is 2.36. The number of nitrogens with one attached hydrogen (secondary N) is 1. The summed E-state index contributed by atoms with van der Waals surface area (Å²) in [5.41, 5.74) is 1.19. The molecule has 1 spiro atoms. The predicted molar refractivity (Wildman–Crippen MR) is 105 cm³/mol. The molecule has 4 heterocycles. The van der Waals surface area contributed by atoms with Crippen molar-refractivity contribution in [3.63, 3.8) is 0 Å². The summed E-state index contributed by atoms with van der Waals surface area (Å²) in [6.07, 6.45) is 2.49. The van der Waals surface area contributed by atoms with Gasteiger partial charge >= 0.3 is 0 Å². The van der Waals surface area contributed by atoms with Gasteiger partial charge in [-0.05, 0) is 0 Å². The van der Waals surface area contributed by atoms with Gasteiger partial charge in [0.2, 0.25) is 10.8 Å². The average molecular weight is 402 g/mol. The minimum absolute atomic E-state index is 0.0403. The van der Waals surface area contributed by atoms with E-state index in [1.165, 1.54) is 21.8 Å². The van der Waals surface area contributed by atoms with Crippen LogP contribution < -0.4 is 4.90 Å². The van der Waals surface area contributed by atoms with Gasteiger partial charge in [-0.15, -0.1) is 5.10 Å². The zero-order chi connectivity index (χ0) is 19.1. The van der Waals surface area contributed by atoms with E-state index < -0.39 is 5.79 Å². The molecule has 0 amide bonds. The molecule has 0 radical (unpaired) electrons. The number of hydrogen-bond donors (Lipinski definition) is 2. The standard InChI is InChI=1S/C20H24N4O3S/c1-2-15-21-19-24(22-15)18(25)17(28-19)16(14-6-4-3-5-7-14)23-10-8-20(9-11-23)26-12-13-27-20/h3-7,16,25H,2,8-13H2,1H3/p+1/t16-/m0/s1. The molecular weight excluding hydrogens is 376 g/mol. The van der Waals surface area contributed by atoms with Gasteiger partial charge in [0.05, 0.1) is 39.1 Å². The number of likely N-dealkylation sites (tertiary alicyclic amines) is 1. The molecule has 2 aromatic heterocycles. The maximum absolute atomic E-state index is 11.0. The molecule has 3 aromatic rings. The quantitative estimate of drug-likeness (QED) is 0.694. The van der Waals surface area contributed by atoms with Crippen LogP contribution in [0.25, 0.3) is 4.96 Å². The maximum atomic E-state index is 11.0. The molecule has 2 aliphatic heterocycles. The van der Waals surface area contributed by atoms with E-state index in [4.69, 9.17) is 9.47 Å². The Kier molecular flexibility index (Phi) is 4.59. The van der Waals surface area contributed by atoms with Gasteiger partial charge in [-0.2, -0.15) is 4.52 Å². The van der Waals surface area contributed by atoms with Crippen LogP contribution in [0.5, 0.6) is 5.88 Å². The lowest BCUT2D eigenvalue weighted by Crippen LogP contribution is -3.14. The van der Waals surface area contributed by atoms with Crippen LogP contribution in [0.1, 0.15) is 42.1 Å². The van der Waals surface area contributed by atoms with Crippen molar-refractivity contribution in [2.45, 2.75) is 38.0 Å². The Bertz CT molecular complexity index is 955. The summed E-state index contributed by atoms with van der Waals surface area (Å²) < 4.78 is 13.4. The van der Waals surface area contributed by atoms with Gasteiger partial charge in [0, 0.05) is 12.0 Å². The third kappa shape index (κ3) is 3.00. The maximum Gasteiger partial charge on any atom is 0.235 e. The van der Waals surface area contributed by atoms with Crippen molar-refractivity contribution in [1.29, 1.82) is 0 Å². The summed E-state index contributed by atoms with van der Waals surface area (Å²) in [4.78, 5) is 7.63. The van der Waals surface area contributed by atoms with E-state index in [2.05, 4.69) is 34.3 Å². The zero-order valence-corrected chi connectivity index (χ0v) is 16.7. The second-order valence-electron chi connectivity index (χ2n) is 7.48. The summed E-state index contributed by atoms with van der Waals surface area (Å²) in [5.74, 6) is 0.573. The molecule has 2 N–H and O–H groups in total. The number of rotatable bonds is 4. The largest absolute Gasteiger partial charge is 0.492 e. The monoisotopic (exact) mass is 401 g/mol. The van der Waals surface area contributed by atoms with Gasteiger partial charge in [-0.25, -0.2) is 4.98 Å². The van der Waals surface area contributed by atoms with Crippen LogP contribution in [0.15, 0.2) is 30.3 Å². The highest BCUT2D eigenvalue weighted by atomic mass is 32.1. The number of ether oxygens (including phenoxy) is 2. The predicted octanol–water partition coefficient (Wildman–Crippen LogP) is 1.57. The Balaban J connectivity index is 1.51. The summed E-state index contributed by atoms with van der Waals surface area (Å²) >= 11 is 1.54. The molecule has 2 fully saturated rings. The molecule has 1 atom stereocenters. The zero-order valence-electron chi connectivity index (χ0n) is 15.9. The molecule has 8 heteroatoms. The van der Waals surface area contributed by atoms with Gasteiger partial charge in [0.15, 0.2) is 17.7 Å². The minimum atomic E-state index is -0.394. The van der Waals surface area contributed by atoms with Crippen molar-refractivity contribution in [3.05, 3.63) is 46.6 Å². The van der Waals surface area contributed by atoms with Crippen molar-refractivity contribution in [3.8, 4) is 5.88 Å². The van der Waals surface area contributed by atoms with Crippen LogP contribution in [0, 0.1) is 0 Å². The number of hydrogen-bond acceptors (Lipinski definition) is 6. The molecule has 1 aromatic carbocycles. The Morgan fingerprint density at radius 2 is 1.93 bits per heavy atom. The molecule has 0 bridgehead atoms. The first-order valence-electron chi connectivity index (χ1n) is 9.94. The van der Waals surface area contributed by atoms with Crippen LogP contribution in [0.2, 0.25) is 0 Å². The Morgan fingerprint density at radius 1 is 1.21 bits per heavy atom. The molecular formula is C20H25N4O3S+. The van der Waals surface area contributed by atoms with E-state index in [1.807, 2.05) is 13.0 Å². The molecule has 28 heavy (non-hydrogen) atoms. The SMILES string of the molecule is CCc1nc2sc([C@H](c3ccccc3)[NH+]3CCC4(CC3)OCCO4)c(O)n2n1. The average Bonchev–Trinajstić information content (AvgIpc) is 3.42. The highest BCUT2D eigenvalue weighted by molar-refractivity contribution is 7.17.